The van der Waals surface area contributed by atoms with Gasteiger partial charge in [0.05, 0.1) is 7.11 Å². The number of aryl methyl sites for hydroxylation is 1. The fraction of sp³-hybridized carbons (Fsp3) is 0.364. The van der Waals surface area contributed by atoms with Crippen molar-refractivity contribution in [2.45, 2.75) is 18.7 Å². The van der Waals surface area contributed by atoms with E-state index in [4.69, 9.17) is 11.6 Å². The van der Waals surface area contributed by atoms with Crippen molar-refractivity contribution in [1.29, 1.82) is 0 Å². The van der Waals surface area contributed by atoms with Crippen LogP contribution in [0.1, 0.15) is 11.1 Å². The van der Waals surface area contributed by atoms with Crippen LogP contribution < -0.4 is 0 Å². The van der Waals surface area contributed by atoms with Gasteiger partial charge < -0.3 is 4.74 Å². The van der Waals surface area contributed by atoms with E-state index in [-0.39, 0.29) is 17.5 Å². The Balaban J connectivity index is 2.89. The molecule has 2 nitrogen and oxygen atoms in total. The standard InChI is InChI=1S/C11H11ClF2O2/c1-6-3-10(14)7(5-9(6)13)4-8(12)11(15)16-2/h3,5,8H,4H2,1-2H3. The molecule has 0 N–H and O–H groups in total. The van der Waals surface area contributed by atoms with E-state index in [9.17, 15) is 13.6 Å². The number of alkyl halides is 1. The molecule has 0 saturated heterocycles. The molecule has 0 radical (unpaired) electrons. The van der Waals surface area contributed by atoms with Gasteiger partial charge in [0, 0.05) is 6.42 Å². The fourth-order valence-electron chi connectivity index (χ4n) is 1.25. The highest BCUT2D eigenvalue weighted by atomic mass is 35.5. The normalized spacial score (nSPS) is 12.3. The molecule has 0 heterocycles. The number of methoxy groups -OCH3 is 1. The van der Waals surface area contributed by atoms with Crippen molar-refractivity contribution >= 4 is 17.6 Å². The molecular weight excluding hydrogens is 238 g/mol. The second-order valence-electron chi connectivity index (χ2n) is 3.39. The van der Waals surface area contributed by atoms with Crippen LogP contribution in [0.15, 0.2) is 12.1 Å². The average Bonchev–Trinajstić information content (AvgIpc) is 2.24. The minimum atomic E-state index is -1.01. The zero-order chi connectivity index (χ0) is 12.3. The maximum Gasteiger partial charge on any atom is 0.324 e. The first-order valence-electron chi connectivity index (χ1n) is 4.62. The molecule has 0 aromatic heterocycles. The molecule has 1 atom stereocenters. The van der Waals surface area contributed by atoms with Crippen molar-refractivity contribution in [1.82, 2.24) is 0 Å². The van der Waals surface area contributed by atoms with E-state index >= 15 is 0 Å². The van der Waals surface area contributed by atoms with Gasteiger partial charge in [-0.05, 0) is 30.2 Å². The molecule has 0 aliphatic rings. The minimum absolute atomic E-state index is 0.0634. The van der Waals surface area contributed by atoms with Crippen molar-refractivity contribution in [3.8, 4) is 0 Å². The molecule has 0 aliphatic heterocycles. The molecule has 88 valence electrons. The van der Waals surface area contributed by atoms with E-state index < -0.39 is 23.0 Å². The number of carbonyl (C=O) groups excluding carboxylic acids is 1. The highest BCUT2D eigenvalue weighted by molar-refractivity contribution is 6.30. The summed E-state index contributed by atoms with van der Waals surface area (Å²) < 4.78 is 30.9. The Morgan fingerprint density at radius 3 is 2.62 bits per heavy atom. The first kappa shape index (κ1) is 12.9. The van der Waals surface area contributed by atoms with Gasteiger partial charge in [-0.15, -0.1) is 11.6 Å². The van der Waals surface area contributed by atoms with Gasteiger partial charge in [0.2, 0.25) is 0 Å². The Hall–Kier alpha value is -1.16. The molecule has 1 aromatic carbocycles. The lowest BCUT2D eigenvalue weighted by Gasteiger charge is -2.09. The van der Waals surface area contributed by atoms with Crippen LogP contribution in [0.4, 0.5) is 8.78 Å². The summed E-state index contributed by atoms with van der Waals surface area (Å²) in [5.74, 6) is -1.76. The van der Waals surface area contributed by atoms with Gasteiger partial charge in [0.15, 0.2) is 0 Å². The number of halogens is 3. The highest BCUT2D eigenvalue weighted by Gasteiger charge is 2.19. The fourth-order valence-corrected chi connectivity index (χ4v) is 1.50. The van der Waals surface area contributed by atoms with Crippen molar-refractivity contribution < 1.29 is 18.3 Å². The summed E-state index contributed by atoms with van der Waals surface area (Å²) in [6, 6.07) is 2.12. The molecule has 16 heavy (non-hydrogen) atoms. The second kappa shape index (κ2) is 5.25. The lowest BCUT2D eigenvalue weighted by Crippen LogP contribution is -2.19. The summed E-state index contributed by atoms with van der Waals surface area (Å²) in [4.78, 5) is 11.0. The van der Waals surface area contributed by atoms with Crippen molar-refractivity contribution in [2.75, 3.05) is 7.11 Å². The molecule has 5 heteroatoms. The van der Waals surface area contributed by atoms with Gasteiger partial charge in [0.25, 0.3) is 0 Å². The molecule has 0 aliphatic carbocycles. The van der Waals surface area contributed by atoms with Gasteiger partial charge in [0.1, 0.15) is 17.0 Å². The predicted molar refractivity (Wildman–Crippen MR) is 56.5 cm³/mol. The van der Waals surface area contributed by atoms with Gasteiger partial charge in [-0.25, -0.2) is 8.78 Å². The number of carbonyl (C=O) groups is 1. The predicted octanol–water partition coefficient (Wildman–Crippen LogP) is 2.60. The number of esters is 1. The average molecular weight is 249 g/mol. The lowest BCUT2D eigenvalue weighted by molar-refractivity contribution is -0.140. The number of ether oxygens (including phenoxy) is 1. The zero-order valence-electron chi connectivity index (χ0n) is 8.89. The molecule has 0 saturated carbocycles. The summed E-state index contributed by atoms with van der Waals surface area (Å²) in [6.07, 6.45) is -0.0999. The van der Waals surface area contributed by atoms with Crippen LogP contribution in [0.5, 0.6) is 0 Å². The molecular formula is C11H11ClF2O2. The topological polar surface area (TPSA) is 26.3 Å². The van der Waals surface area contributed by atoms with Crippen LogP contribution >= 0.6 is 11.6 Å². The summed E-state index contributed by atoms with van der Waals surface area (Å²) >= 11 is 5.67. The Morgan fingerprint density at radius 1 is 1.44 bits per heavy atom. The zero-order valence-corrected chi connectivity index (χ0v) is 9.65. The molecule has 1 rings (SSSR count). The van der Waals surface area contributed by atoms with Crippen LogP contribution in [0.2, 0.25) is 0 Å². The number of hydrogen-bond acceptors (Lipinski definition) is 2. The Morgan fingerprint density at radius 2 is 2.06 bits per heavy atom. The van der Waals surface area contributed by atoms with Crippen molar-refractivity contribution in [2.24, 2.45) is 0 Å². The smallest absolute Gasteiger partial charge is 0.324 e. The summed E-state index contributed by atoms with van der Waals surface area (Å²) in [7, 11) is 1.18. The van der Waals surface area contributed by atoms with E-state index in [1.54, 1.807) is 0 Å². The first-order valence-corrected chi connectivity index (χ1v) is 5.05. The van der Waals surface area contributed by atoms with Crippen LogP contribution in [0, 0.1) is 18.6 Å². The number of hydrogen-bond donors (Lipinski definition) is 0. The Labute approximate surface area is 97.2 Å². The van der Waals surface area contributed by atoms with E-state index in [0.29, 0.717) is 0 Å². The molecule has 0 fully saturated rings. The Kier molecular flexibility index (Phi) is 4.24. The van der Waals surface area contributed by atoms with E-state index in [0.717, 1.165) is 12.1 Å². The maximum absolute atomic E-state index is 13.4. The van der Waals surface area contributed by atoms with Crippen molar-refractivity contribution in [3.05, 3.63) is 34.9 Å². The van der Waals surface area contributed by atoms with Gasteiger partial charge in [-0.3, -0.25) is 4.79 Å². The van der Waals surface area contributed by atoms with Crippen LogP contribution in [0.3, 0.4) is 0 Å². The van der Waals surface area contributed by atoms with Crippen LogP contribution in [-0.2, 0) is 16.0 Å². The second-order valence-corrected chi connectivity index (χ2v) is 3.91. The molecule has 0 spiro atoms. The largest absolute Gasteiger partial charge is 0.468 e. The summed E-state index contributed by atoms with van der Waals surface area (Å²) in [5, 5.41) is -1.01. The third-order valence-electron chi connectivity index (χ3n) is 2.18. The molecule has 1 aromatic rings. The van der Waals surface area contributed by atoms with Gasteiger partial charge in [-0.1, -0.05) is 0 Å². The van der Waals surface area contributed by atoms with Gasteiger partial charge >= 0.3 is 5.97 Å². The Bertz CT molecular complexity index is 407. The van der Waals surface area contributed by atoms with Gasteiger partial charge in [-0.2, -0.15) is 0 Å². The monoisotopic (exact) mass is 248 g/mol. The lowest BCUT2D eigenvalue weighted by atomic mass is 10.1. The molecule has 1 unspecified atom stereocenters. The summed E-state index contributed by atoms with van der Waals surface area (Å²) in [5.41, 5.74) is 0.277. The minimum Gasteiger partial charge on any atom is -0.468 e. The summed E-state index contributed by atoms with van der Waals surface area (Å²) in [6.45, 7) is 1.46. The van der Waals surface area contributed by atoms with Crippen LogP contribution in [0.25, 0.3) is 0 Å². The van der Waals surface area contributed by atoms with Crippen molar-refractivity contribution in [3.63, 3.8) is 0 Å². The third kappa shape index (κ3) is 2.92. The maximum atomic E-state index is 13.4. The highest BCUT2D eigenvalue weighted by Crippen LogP contribution is 2.17. The van der Waals surface area contributed by atoms with E-state index in [1.165, 1.54) is 14.0 Å². The SMILES string of the molecule is COC(=O)C(Cl)Cc1cc(F)c(C)cc1F. The molecule has 0 bridgehead atoms. The van der Waals surface area contributed by atoms with E-state index in [1.807, 2.05) is 0 Å². The molecule has 0 amide bonds. The number of rotatable bonds is 3. The quantitative estimate of drug-likeness (QED) is 0.607. The first-order chi connectivity index (χ1) is 7.45. The third-order valence-corrected chi connectivity index (χ3v) is 2.52. The van der Waals surface area contributed by atoms with Crippen LogP contribution in [-0.4, -0.2) is 18.5 Å². The van der Waals surface area contributed by atoms with E-state index in [2.05, 4.69) is 4.74 Å². The number of benzene rings is 1.